The summed E-state index contributed by atoms with van der Waals surface area (Å²) in [5.41, 5.74) is 3.50. The number of nitrogens with zero attached hydrogens (tertiary/aromatic N) is 3. The fraction of sp³-hybridized carbons (Fsp3) is 0.118. The molecule has 0 spiro atoms. The highest BCUT2D eigenvalue weighted by Gasteiger charge is 2.08. The van der Waals surface area contributed by atoms with Crippen LogP contribution in [0.2, 0.25) is 5.02 Å². The zero-order valence-corrected chi connectivity index (χ0v) is 13.9. The van der Waals surface area contributed by atoms with Crippen LogP contribution in [0.25, 0.3) is 0 Å². The standard InChI is InChI=1S/C17H15ClFN5/c1-10-7-11(2)16(14(18)8-10)23-17-22-15(9-20-24-17)21-13-5-3-12(19)4-6-13/h3-9H,1-2H3,(H2,21,22,23,24). The van der Waals surface area contributed by atoms with E-state index in [9.17, 15) is 4.39 Å². The molecule has 3 aromatic rings. The fourth-order valence-corrected chi connectivity index (χ4v) is 2.65. The van der Waals surface area contributed by atoms with Crippen molar-refractivity contribution in [1.29, 1.82) is 0 Å². The number of aryl methyl sites for hydroxylation is 2. The summed E-state index contributed by atoms with van der Waals surface area (Å²) in [7, 11) is 0. The van der Waals surface area contributed by atoms with E-state index in [1.54, 1.807) is 12.1 Å². The first-order valence-corrected chi connectivity index (χ1v) is 7.65. The first-order chi connectivity index (χ1) is 11.5. The maximum absolute atomic E-state index is 12.9. The molecule has 0 unspecified atom stereocenters. The van der Waals surface area contributed by atoms with Crippen LogP contribution in [-0.2, 0) is 0 Å². The molecule has 24 heavy (non-hydrogen) atoms. The molecule has 3 rings (SSSR count). The van der Waals surface area contributed by atoms with Gasteiger partial charge in [0.1, 0.15) is 5.82 Å². The first-order valence-electron chi connectivity index (χ1n) is 7.27. The monoisotopic (exact) mass is 343 g/mol. The van der Waals surface area contributed by atoms with Crippen LogP contribution < -0.4 is 10.6 Å². The van der Waals surface area contributed by atoms with E-state index < -0.39 is 0 Å². The Bertz CT molecular complexity index is 844. The average molecular weight is 344 g/mol. The number of nitrogens with one attached hydrogen (secondary N) is 2. The second kappa shape index (κ2) is 6.80. The summed E-state index contributed by atoms with van der Waals surface area (Å²) in [6.45, 7) is 3.93. The Hall–Kier alpha value is -2.73. The minimum atomic E-state index is -0.298. The maximum Gasteiger partial charge on any atom is 0.249 e. The molecular formula is C17H15ClFN5. The van der Waals surface area contributed by atoms with Crippen molar-refractivity contribution in [3.05, 3.63) is 64.6 Å². The minimum Gasteiger partial charge on any atom is -0.339 e. The number of aromatic nitrogens is 3. The smallest absolute Gasteiger partial charge is 0.249 e. The van der Waals surface area contributed by atoms with E-state index >= 15 is 0 Å². The molecule has 0 fully saturated rings. The average Bonchev–Trinajstić information content (AvgIpc) is 2.53. The summed E-state index contributed by atoms with van der Waals surface area (Å²) in [6.07, 6.45) is 1.48. The summed E-state index contributed by atoms with van der Waals surface area (Å²) in [5, 5.41) is 14.6. The van der Waals surface area contributed by atoms with Crippen molar-refractivity contribution in [2.75, 3.05) is 10.6 Å². The van der Waals surface area contributed by atoms with Gasteiger partial charge in [0.15, 0.2) is 5.82 Å². The first kappa shape index (κ1) is 16.1. The lowest BCUT2D eigenvalue weighted by Crippen LogP contribution is -2.04. The highest BCUT2D eigenvalue weighted by Crippen LogP contribution is 2.29. The molecule has 0 aliphatic carbocycles. The normalized spacial score (nSPS) is 10.5. The van der Waals surface area contributed by atoms with Gasteiger partial charge >= 0.3 is 0 Å². The van der Waals surface area contributed by atoms with Gasteiger partial charge in [0.25, 0.3) is 0 Å². The lowest BCUT2D eigenvalue weighted by atomic mass is 10.1. The van der Waals surface area contributed by atoms with Crippen molar-refractivity contribution in [1.82, 2.24) is 15.2 Å². The van der Waals surface area contributed by atoms with Gasteiger partial charge < -0.3 is 10.6 Å². The van der Waals surface area contributed by atoms with Crippen molar-refractivity contribution >= 4 is 34.7 Å². The molecular weight excluding hydrogens is 329 g/mol. The molecule has 0 saturated carbocycles. The summed E-state index contributed by atoms with van der Waals surface area (Å²) < 4.78 is 12.9. The van der Waals surface area contributed by atoms with E-state index in [-0.39, 0.29) is 5.82 Å². The highest BCUT2D eigenvalue weighted by molar-refractivity contribution is 6.33. The molecule has 122 valence electrons. The fourth-order valence-electron chi connectivity index (χ4n) is 2.28. The van der Waals surface area contributed by atoms with Crippen LogP contribution in [0.3, 0.4) is 0 Å². The molecule has 1 heterocycles. The molecule has 0 aliphatic rings. The number of rotatable bonds is 4. The minimum absolute atomic E-state index is 0.298. The van der Waals surface area contributed by atoms with Crippen LogP contribution in [-0.4, -0.2) is 15.2 Å². The van der Waals surface area contributed by atoms with E-state index in [0.717, 1.165) is 16.8 Å². The van der Waals surface area contributed by atoms with Gasteiger partial charge in [-0.15, -0.1) is 5.10 Å². The lowest BCUT2D eigenvalue weighted by molar-refractivity contribution is 0.628. The highest BCUT2D eigenvalue weighted by atomic mass is 35.5. The molecule has 2 aromatic carbocycles. The molecule has 1 aromatic heterocycles. The Balaban J connectivity index is 1.82. The summed E-state index contributed by atoms with van der Waals surface area (Å²) in [6, 6.07) is 9.85. The van der Waals surface area contributed by atoms with Gasteiger partial charge in [-0.1, -0.05) is 17.7 Å². The topological polar surface area (TPSA) is 62.7 Å². The number of anilines is 4. The molecule has 0 saturated heterocycles. The zero-order valence-electron chi connectivity index (χ0n) is 13.1. The van der Waals surface area contributed by atoms with Gasteiger partial charge in [0, 0.05) is 5.69 Å². The van der Waals surface area contributed by atoms with E-state index in [1.165, 1.54) is 18.3 Å². The third-order valence-corrected chi connectivity index (χ3v) is 3.64. The van der Waals surface area contributed by atoms with Crippen LogP contribution in [0.5, 0.6) is 0 Å². The van der Waals surface area contributed by atoms with Gasteiger partial charge in [0.2, 0.25) is 5.95 Å². The summed E-state index contributed by atoms with van der Waals surface area (Å²) in [5.74, 6) is 0.504. The predicted octanol–water partition coefficient (Wildman–Crippen LogP) is 4.77. The SMILES string of the molecule is Cc1cc(C)c(Nc2nncc(Nc3ccc(F)cc3)n2)c(Cl)c1. The van der Waals surface area contributed by atoms with Crippen molar-refractivity contribution < 1.29 is 4.39 Å². The van der Waals surface area contributed by atoms with E-state index in [1.807, 2.05) is 26.0 Å². The van der Waals surface area contributed by atoms with Gasteiger partial charge in [-0.2, -0.15) is 10.1 Å². The zero-order chi connectivity index (χ0) is 17.1. The number of benzene rings is 2. The number of halogens is 2. The third-order valence-electron chi connectivity index (χ3n) is 3.34. The maximum atomic E-state index is 12.9. The quantitative estimate of drug-likeness (QED) is 0.714. The van der Waals surface area contributed by atoms with E-state index in [4.69, 9.17) is 11.6 Å². The van der Waals surface area contributed by atoms with Crippen LogP contribution in [0.1, 0.15) is 11.1 Å². The largest absolute Gasteiger partial charge is 0.339 e. The summed E-state index contributed by atoms with van der Waals surface area (Å²) in [4.78, 5) is 4.34. The lowest BCUT2D eigenvalue weighted by Gasteiger charge is -2.12. The van der Waals surface area contributed by atoms with Gasteiger partial charge in [0.05, 0.1) is 16.9 Å². The van der Waals surface area contributed by atoms with E-state index in [2.05, 4.69) is 25.8 Å². The molecule has 5 nitrogen and oxygen atoms in total. The van der Waals surface area contributed by atoms with Crippen molar-refractivity contribution in [2.24, 2.45) is 0 Å². The second-order valence-corrected chi connectivity index (χ2v) is 5.77. The van der Waals surface area contributed by atoms with Crippen LogP contribution in [0, 0.1) is 19.7 Å². The van der Waals surface area contributed by atoms with E-state index in [0.29, 0.717) is 22.5 Å². The molecule has 0 atom stereocenters. The van der Waals surface area contributed by atoms with Crippen LogP contribution in [0.15, 0.2) is 42.6 Å². The van der Waals surface area contributed by atoms with Crippen LogP contribution in [0.4, 0.5) is 27.5 Å². The Morgan fingerprint density at radius 1 is 1.04 bits per heavy atom. The Morgan fingerprint density at radius 2 is 1.79 bits per heavy atom. The second-order valence-electron chi connectivity index (χ2n) is 5.36. The van der Waals surface area contributed by atoms with Crippen LogP contribution >= 0.6 is 11.6 Å². The summed E-state index contributed by atoms with van der Waals surface area (Å²) >= 11 is 6.28. The molecule has 0 radical (unpaired) electrons. The Kier molecular flexibility index (Phi) is 4.57. The van der Waals surface area contributed by atoms with Crippen molar-refractivity contribution in [2.45, 2.75) is 13.8 Å². The number of hydrogen-bond acceptors (Lipinski definition) is 5. The molecule has 2 N–H and O–H groups in total. The Labute approximate surface area is 143 Å². The molecule has 0 bridgehead atoms. The van der Waals surface area contributed by atoms with Gasteiger partial charge in [-0.3, -0.25) is 0 Å². The predicted molar refractivity (Wildman–Crippen MR) is 93.7 cm³/mol. The number of hydrogen-bond donors (Lipinski definition) is 2. The molecule has 7 heteroatoms. The van der Waals surface area contributed by atoms with Gasteiger partial charge in [-0.25, -0.2) is 4.39 Å². The molecule has 0 aliphatic heterocycles. The van der Waals surface area contributed by atoms with Crippen molar-refractivity contribution in [3.63, 3.8) is 0 Å². The van der Waals surface area contributed by atoms with Crippen molar-refractivity contribution in [3.8, 4) is 0 Å². The third kappa shape index (κ3) is 3.78. The van der Waals surface area contributed by atoms with Gasteiger partial charge in [-0.05, 0) is 55.3 Å². The Morgan fingerprint density at radius 3 is 2.50 bits per heavy atom. The molecule has 0 amide bonds.